The standard InChI is InChI=1S/C14H13BrN2O3/c1-20-13-4-2-3-11(17-13)8-16-12-6-9(14(18)19)5-10(15)7-12/h2-7,16H,8H2,1H3,(H,18,19). The molecule has 6 heteroatoms. The lowest BCUT2D eigenvalue weighted by Gasteiger charge is -2.08. The summed E-state index contributed by atoms with van der Waals surface area (Å²) in [5, 5.41) is 12.1. The van der Waals surface area contributed by atoms with Crippen molar-refractivity contribution in [1.82, 2.24) is 4.98 Å². The molecule has 2 rings (SSSR count). The van der Waals surface area contributed by atoms with Crippen LogP contribution >= 0.6 is 15.9 Å². The summed E-state index contributed by atoms with van der Waals surface area (Å²) in [5.74, 6) is -0.418. The van der Waals surface area contributed by atoms with Crippen LogP contribution in [0.4, 0.5) is 5.69 Å². The van der Waals surface area contributed by atoms with Crippen molar-refractivity contribution in [3.05, 3.63) is 52.1 Å². The van der Waals surface area contributed by atoms with Crippen LogP contribution in [0.3, 0.4) is 0 Å². The number of methoxy groups -OCH3 is 1. The van der Waals surface area contributed by atoms with Gasteiger partial charge in [-0.15, -0.1) is 0 Å². The molecule has 0 aliphatic carbocycles. The van der Waals surface area contributed by atoms with Crippen molar-refractivity contribution < 1.29 is 14.6 Å². The Bertz CT molecular complexity index is 632. The van der Waals surface area contributed by atoms with Gasteiger partial charge in [0, 0.05) is 16.2 Å². The minimum absolute atomic E-state index is 0.223. The lowest BCUT2D eigenvalue weighted by Crippen LogP contribution is -2.04. The molecule has 5 nitrogen and oxygen atoms in total. The van der Waals surface area contributed by atoms with E-state index in [1.54, 1.807) is 25.3 Å². The molecule has 0 atom stereocenters. The number of ether oxygens (including phenoxy) is 1. The second kappa shape index (κ2) is 6.38. The van der Waals surface area contributed by atoms with Crippen molar-refractivity contribution in [3.63, 3.8) is 0 Å². The summed E-state index contributed by atoms with van der Waals surface area (Å²) in [6.07, 6.45) is 0. The lowest BCUT2D eigenvalue weighted by atomic mass is 10.2. The zero-order chi connectivity index (χ0) is 14.5. The second-order valence-electron chi connectivity index (χ2n) is 4.06. The minimum atomic E-state index is -0.964. The van der Waals surface area contributed by atoms with E-state index in [0.717, 1.165) is 5.69 Å². The number of carboxylic acids is 1. The predicted molar refractivity (Wildman–Crippen MR) is 79.2 cm³/mol. The van der Waals surface area contributed by atoms with Crippen LogP contribution in [0.2, 0.25) is 0 Å². The summed E-state index contributed by atoms with van der Waals surface area (Å²) < 4.78 is 5.76. The molecule has 104 valence electrons. The molecule has 0 unspecified atom stereocenters. The van der Waals surface area contributed by atoms with Crippen molar-refractivity contribution in [2.75, 3.05) is 12.4 Å². The summed E-state index contributed by atoms with van der Waals surface area (Å²) in [5.41, 5.74) is 1.74. The molecule has 0 aliphatic heterocycles. The number of carboxylic acid groups (broad SMARTS) is 1. The number of aromatic carboxylic acids is 1. The largest absolute Gasteiger partial charge is 0.481 e. The molecule has 0 saturated carbocycles. The molecule has 1 heterocycles. The van der Waals surface area contributed by atoms with E-state index in [-0.39, 0.29) is 5.56 Å². The molecule has 0 amide bonds. The number of nitrogens with zero attached hydrogens (tertiary/aromatic N) is 1. The number of hydrogen-bond acceptors (Lipinski definition) is 4. The van der Waals surface area contributed by atoms with E-state index < -0.39 is 5.97 Å². The van der Waals surface area contributed by atoms with Gasteiger partial charge in [-0.1, -0.05) is 22.0 Å². The summed E-state index contributed by atoms with van der Waals surface area (Å²) >= 11 is 3.29. The van der Waals surface area contributed by atoms with Gasteiger partial charge in [0.1, 0.15) is 0 Å². The molecule has 0 spiro atoms. The number of anilines is 1. The summed E-state index contributed by atoms with van der Waals surface area (Å²) in [7, 11) is 1.56. The molecule has 0 aliphatic rings. The van der Waals surface area contributed by atoms with Crippen LogP contribution in [0.5, 0.6) is 5.88 Å². The molecule has 1 aromatic carbocycles. The number of aromatic nitrogens is 1. The first-order valence-electron chi connectivity index (χ1n) is 5.86. The molecule has 2 N–H and O–H groups in total. The highest BCUT2D eigenvalue weighted by molar-refractivity contribution is 9.10. The third kappa shape index (κ3) is 3.71. The highest BCUT2D eigenvalue weighted by atomic mass is 79.9. The number of rotatable bonds is 5. The Balaban J connectivity index is 2.12. The van der Waals surface area contributed by atoms with Crippen molar-refractivity contribution in [1.29, 1.82) is 0 Å². The average molecular weight is 337 g/mol. The van der Waals surface area contributed by atoms with Gasteiger partial charge in [-0.2, -0.15) is 0 Å². The molecule has 0 bridgehead atoms. The molecule has 1 aromatic heterocycles. The number of halogens is 1. The zero-order valence-electron chi connectivity index (χ0n) is 10.8. The summed E-state index contributed by atoms with van der Waals surface area (Å²) in [6, 6.07) is 10.4. The number of carbonyl (C=O) groups is 1. The monoisotopic (exact) mass is 336 g/mol. The third-order valence-corrected chi connectivity index (χ3v) is 3.07. The lowest BCUT2D eigenvalue weighted by molar-refractivity contribution is 0.0697. The average Bonchev–Trinajstić information content (AvgIpc) is 2.44. The maximum Gasteiger partial charge on any atom is 0.335 e. The number of pyridine rings is 1. The van der Waals surface area contributed by atoms with Crippen LogP contribution in [0.15, 0.2) is 40.9 Å². The number of hydrogen-bond donors (Lipinski definition) is 2. The molecular formula is C14H13BrN2O3. The predicted octanol–water partition coefficient (Wildman–Crippen LogP) is 3.16. The van der Waals surface area contributed by atoms with Crippen LogP contribution in [0.1, 0.15) is 16.1 Å². The zero-order valence-corrected chi connectivity index (χ0v) is 12.3. The Hall–Kier alpha value is -2.08. The number of benzene rings is 1. The first kappa shape index (κ1) is 14.3. The van der Waals surface area contributed by atoms with E-state index in [4.69, 9.17) is 9.84 Å². The molecule has 0 radical (unpaired) electrons. The van der Waals surface area contributed by atoms with Gasteiger partial charge in [0.25, 0.3) is 0 Å². The fourth-order valence-corrected chi connectivity index (χ4v) is 2.17. The Morgan fingerprint density at radius 2 is 2.20 bits per heavy atom. The third-order valence-electron chi connectivity index (χ3n) is 2.61. The van der Waals surface area contributed by atoms with Crippen molar-refractivity contribution >= 4 is 27.6 Å². The number of nitrogens with one attached hydrogen (secondary N) is 1. The van der Waals surface area contributed by atoms with Gasteiger partial charge < -0.3 is 15.2 Å². The van der Waals surface area contributed by atoms with Gasteiger partial charge in [-0.25, -0.2) is 9.78 Å². The molecule has 0 saturated heterocycles. The summed E-state index contributed by atoms with van der Waals surface area (Å²) in [6.45, 7) is 0.479. The van der Waals surface area contributed by atoms with Crippen molar-refractivity contribution in [2.24, 2.45) is 0 Å². The highest BCUT2D eigenvalue weighted by Crippen LogP contribution is 2.20. The van der Waals surface area contributed by atoms with Gasteiger partial charge in [0.15, 0.2) is 0 Å². The normalized spacial score (nSPS) is 10.1. The molecule has 0 fully saturated rings. The fourth-order valence-electron chi connectivity index (χ4n) is 1.68. The van der Waals surface area contributed by atoms with E-state index in [9.17, 15) is 4.79 Å². The van der Waals surface area contributed by atoms with Gasteiger partial charge in [0.05, 0.1) is 24.9 Å². The van der Waals surface area contributed by atoms with Crippen molar-refractivity contribution in [2.45, 2.75) is 6.54 Å². The molecule has 2 aromatic rings. The van der Waals surface area contributed by atoms with E-state index in [1.165, 1.54) is 0 Å². The minimum Gasteiger partial charge on any atom is -0.481 e. The van der Waals surface area contributed by atoms with E-state index >= 15 is 0 Å². The van der Waals surface area contributed by atoms with Crippen LogP contribution in [-0.4, -0.2) is 23.2 Å². The van der Waals surface area contributed by atoms with E-state index in [2.05, 4.69) is 26.2 Å². The maximum absolute atomic E-state index is 11.0. The highest BCUT2D eigenvalue weighted by Gasteiger charge is 2.06. The van der Waals surface area contributed by atoms with Crippen LogP contribution in [-0.2, 0) is 6.54 Å². The first-order valence-corrected chi connectivity index (χ1v) is 6.65. The quantitative estimate of drug-likeness (QED) is 0.877. The van der Waals surface area contributed by atoms with Gasteiger partial charge in [0.2, 0.25) is 5.88 Å². The smallest absolute Gasteiger partial charge is 0.335 e. The Morgan fingerprint density at radius 3 is 2.90 bits per heavy atom. The molecule has 20 heavy (non-hydrogen) atoms. The Morgan fingerprint density at radius 1 is 1.40 bits per heavy atom. The Labute approximate surface area is 124 Å². The van der Waals surface area contributed by atoms with Crippen LogP contribution in [0, 0.1) is 0 Å². The maximum atomic E-state index is 11.0. The van der Waals surface area contributed by atoms with Gasteiger partial charge >= 0.3 is 5.97 Å². The van der Waals surface area contributed by atoms with E-state index in [0.29, 0.717) is 22.6 Å². The topological polar surface area (TPSA) is 71.5 Å². The first-order chi connectivity index (χ1) is 9.58. The second-order valence-corrected chi connectivity index (χ2v) is 4.97. The van der Waals surface area contributed by atoms with E-state index in [1.807, 2.05) is 18.2 Å². The molecular weight excluding hydrogens is 324 g/mol. The van der Waals surface area contributed by atoms with Gasteiger partial charge in [-0.3, -0.25) is 0 Å². The van der Waals surface area contributed by atoms with Crippen LogP contribution < -0.4 is 10.1 Å². The SMILES string of the molecule is COc1cccc(CNc2cc(Br)cc(C(=O)O)c2)n1. The van der Waals surface area contributed by atoms with Crippen LogP contribution in [0.25, 0.3) is 0 Å². The van der Waals surface area contributed by atoms with Crippen molar-refractivity contribution in [3.8, 4) is 5.88 Å². The van der Waals surface area contributed by atoms with Gasteiger partial charge in [-0.05, 0) is 24.3 Å². The Kier molecular flexibility index (Phi) is 4.57. The fraction of sp³-hybridized carbons (Fsp3) is 0.143. The summed E-state index contributed by atoms with van der Waals surface area (Å²) in [4.78, 5) is 15.3.